The summed E-state index contributed by atoms with van der Waals surface area (Å²) in [4.78, 5) is 42.0. The molecule has 0 saturated carbocycles. The van der Waals surface area contributed by atoms with Crippen LogP contribution in [0, 0.1) is 0 Å². The molecule has 5 aliphatic rings. The molecule has 4 aliphatic heterocycles. The lowest BCUT2D eigenvalue weighted by Crippen LogP contribution is -2.92. The summed E-state index contributed by atoms with van der Waals surface area (Å²) in [5.41, 5.74) is 13.4. The lowest BCUT2D eigenvalue weighted by atomic mass is 9.85. The number of benzene rings is 1. The van der Waals surface area contributed by atoms with Crippen LogP contribution in [0.5, 0.6) is 0 Å². The SMILES string of the molecule is NC1=[NH+][C@H]2[C@H](CN3C(=O)CCC3=O)NC(N)=[N+]3CC(NC(=O)c4cccc5c4CCC5)C(O)(O)[C@]23N1. The zero-order valence-electron chi connectivity index (χ0n) is 19.6. The molecule has 0 aromatic heterocycles. The highest BCUT2D eigenvalue weighted by molar-refractivity contribution is 6.02. The summed E-state index contributed by atoms with van der Waals surface area (Å²) in [6.45, 7) is -0.0663. The van der Waals surface area contributed by atoms with Gasteiger partial charge >= 0.3 is 11.9 Å². The zero-order valence-corrected chi connectivity index (χ0v) is 19.6. The van der Waals surface area contributed by atoms with Crippen LogP contribution in [0.25, 0.3) is 0 Å². The van der Waals surface area contributed by atoms with Crippen molar-refractivity contribution in [2.24, 2.45) is 11.5 Å². The lowest BCUT2D eigenvalue weighted by Gasteiger charge is -2.41. The van der Waals surface area contributed by atoms with E-state index in [1.807, 2.05) is 12.1 Å². The van der Waals surface area contributed by atoms with E-state index in [1.54, 1.807) is 6.07 Å². The van der Waals surface area contributed by atoms with Crippen molar-refractivity contribution in [1.29, 1.82) is 0 Å². The number of rotatable bonds is 4. The fraction of sp³-hybridized carbons (Fsp3) is 0.522. The van der Waals surface area contributed by atoms with Gasteiger partial charge < -0.3 is 15.5 Å². The van der Waals surface area contributed by atoms with Crippen LogP contribution in [0.15, 0.2) is 18.2 Å². The second kappa shape index (κ2) is 7.64. The number of guanidine groups is 2. The molecule has 4 heterocycles. The number of nitrogens with one attached hydrogen (secondary N) is 4. The van der Waals surface area contributed by atoms with Crippen molar-refractivity contribution in [3.63, 3.8) is 0 Å². The predicted molar refractivity (Wildman–Crippen MR) is 124 cm³/mol. The summed E-state index contributed by atoms with van der Waals surface area (Å²) >= 11 is 0. The summed E-state index contributed by atoms with van der Waals surface area (Å²) in [6.07, 6.45) is 2.94. The third kappa shape index (κ3) is 2.99. The van der Waals surface area contributed by atoms with Crippen molar-refractivity contribution in [3.05, 3.63) is 34.9 Å². The van der Waals surface area contributed by atoms with Crippen LogP contribution in [-0.2, 0) is 22.4 Å². The first kappa shape index (κ1) is 22.7. The maximum absolute atomic E-state index is 13.3. The van der Waals surface area contributed by atoms with Crippen LogP contribution < -0.4 is 32.4 Å². The Morgan fingerprint density at radius 2 is 1.94 bits per heavy atom. The van der Waals surface area contributed by atoms with Crippen molar-refractivity contribution < 1.29 is 34.2 Å². The second-order valence-corrected chi connectivity index (χ2v) is 10.1. The number of nitrogens with two attached hydrogens (primary N) is 2. The molecule has 1 aromatic rings. The molecular weight excluding hydrogens is 468 g/mol. The van der Waals surface area contributed by atoms with Gasteiger partial charge in [0.15, 0.2) is 6.04 Å². The molecule has 13 nitrogen and oxygen atoms in total. The molecular formula is C23H30N8O5+2. The highest BCUT2D eigenvalue weighted by Crippen LogP contribution is 2.38. The van der Waals surface area contributed by atoms with Gasteiger partial charge in [0.05, 0.1) is 13.1 Å². The quantitative estimate of drug-likeness (QED) is 0.113. The minimum atomic E-state index is -2.54. The lowest BCUT2D eigenvalue weighted by molar-refractivity contribution is -0.674. The summed E-state index contributed by atoms with van der Waals surface area (Å²) in [7, 11) is 0. The summed E-state index contributed by atoms with van der Waals surface area (Å²) in [5.74, 6) is -3.37. The number of carbonyl (C=O) groups excluding carboxylic acids is 3. The van der Waals surface area contributed by atoms with E-state index in [4.69, 9.17) is 11.5 Å². The maximum atomic E-state index is 13.3. The van der Waals surface area contributed by atoms with Crippen LogP contribution in [0.3, 0.4) is 0 Å². The van der Waals surface area contributed by atoms with Gasteiger partial charge in [-0.15, -0.1) is 0 Å². The number of imide groups is 1. The molecule has 2 saturated heterocycles. The molecule has 36 heavy (non-hydrogen) atoms. The van der Waals surface area contributed by atoms with Crippen LogP contribution in [0.2, 0.25) is 0 Å². The van der Waals surface area contributed by atoms with Crippen LogP contribution in [0.1, 0.15) is 40.7 Å². The van der Waals surface area contributed by atoms with Crippen LogP contribution in [0.4, 0.5) is 0 Å². The molecule has 2 fully saturated rings. The molecule has 1 aliphatic carbocycles. The molecule has 13 heteroatoms. The van der Waals surface area contributed by atoms with Gasteiger partial charge in [-0.2, -0.15) is 0 Å². The minimum Gasteiger partial charge on any atom is -0.358 e. The molecule has 0 bridgehead atoms. The smallest absolute Gasteiger partial charge is 0.347 e. The topological polar surface area (TPSA) is 200 Å². The van der Waals surface area contributed by atoms with Crippen LogP contribution in [-0.4, -0.2) is 92.0 Å². The zero-order chi connectivity index (χ0) is 25.4. The van der Waals surface area contributed by atoms with Gasteiger partial charge in [-0.25, -0.2) is 9.89 Å². The number of likely N-dealkylation sites (tertiary alicyclic amines) is 1. The highest BCUT2D eigenvalue weighted by atomic mass is 16.5. The molecule has 4 atom stereocenters. The molecule has 1 unspecified atom stereocenters. The fourth-order valence-corrected chi connectivity index (χ4v) is 6.49. The summed E-state index contributed by atoms with van der Waals surface area (Å²) < 4.78 is 1.52. The van der Waals surface area contributed by atoms with E-state index < -0.39 is 35.5 Å². The Kier molecular flexibility index (Phi) is 4.83. The van der Waals surface area contributed by atoms with Gasteiger partial charge in [0.25, 0.3) is 17.4 Å². The molecule has 190 valence electrons. The van der Waals surface area contributed by atoms with E-state index in [1.165, 1.54) is 4.58 Å². The minimum absolute atomic E-state index is 0.0284. The third-order valence-corrected chi connectivity index (χ3v) is 8.18. The number of aliphatic hydroxyl groups is 2. The fourth-order valence-electron chi connectivity index (χ4n) is 6.49. The van der Waals surface area contributed by atoms with E-state index in [-0.39, 0.29) is 49.7 Å². The summed E-state index contributed by atoms with van der Waals surface area (Å²) in [5, 5.41) is 32.0. The number of hydrogen-bond donors (Lipinski definition) is 8. The maximum Gasteiger partial charge on any atom is 0.347 e. The van der Waals surface area contributed by atoms with Crippen molar-refractivity contribution in [2.45, 2.75) is 61.7 Å². The average molecular weight is 499 g/mol. The van der Waals surface area contributed by atoms with Crippen molar-refractivity contribution >= 4 is 29.6 Å². The number of nitrogens with zero attached hydrogens (tertiary/aromatic N) is 2. The van der Waals surface area contributed by atoms with E-state index in [2.05, 4.69) is 20.9 Å². The number of fused-ring (bicyclic) bond motifs is 1. The Morgan fingerprint density at radius 1 is 1.19 bits per heavy atom. The van der Waals surface area contributed by atoms with E-state index in [0.717, 1.165) is 35.3 Å². The number of aryl methyl sites for hydroxylation is 1. The van der Waals surface area contributed by atoms with Gasteiger partial charge in [-0.3, -0.25) is 41.1 Å². The normalized spacial score (nSPS) is 32.0. The predicted octanol–water partition coefficient (Wildman–Crippen LogP) is -5.52. The number of hydrogen-bond acceptors (Lipinski definition) is 9. The Hall–Kier alpha value is -3.71. The molecule has 3 amide bonds. The first-order valence-electron chi connectivity index (χ1n) is 12.2. The van der Waals surface area contributed by atoms with Gasteiger partial charge in [-0.1, -0.05) is 12.1 Å². The number of carbonyl (C=O) groups is 3. The molecule has 0 radical (unpaired) electrons. The van der Waals surface area contributed by atoms with E-state index >= 15 is 0 Å². The Bertz CT molecular complexity index is 1240. The Balaban J connectivity index is 1.33. The largest absolute Gasteiger partial charge is 0.358 e. The number of amides is 3. The first-order valence-corrected chi connectivity index (χ1v) is 12.2. The molecule has 1 aromatic carbocycles. The molecule has 1 spiro atoms. The van der Waals surface area contributed by atoms with E-state index in [0.29, 0.717) is 5.56 Å². The first-order chi connectivity index (χ1) is 17.1. The van der Waals surface area contributed by atoms with Gasteiger partial charge in [0.2, 0.25) is 11.8 Å². The monoisotopic (exact) mass is 498 g/mol. The average Bonchev–Trinajstić information content (AvgIpc) is 3.57. The standard InChI is InChI=1S/C23H28N8O5/c24-20-28-18-14(9-30-16(32)7-8-17(30)33)26-21(25)31-10-15(23(35,36)22(18,31)29-20)27-19(34)13-6-2-4-11-3-1-5-12(11)13/h2,4,6,14-15,18,35-36H,1,3,5,7-10H2,(H6,24,25,26,27,28,29,34)/p+2/t14-,15?,18-,22-/m0/s1. The molecule has 10 N–H and O–H groups in total. The van der Waals surface area contributed by atoms with Crippen molar-refractivity contribution in [1.82, 2.24) is 20.9 Å². The van der Waals surface area contributed by atoms with Crippen molar-refractivity contribution in [3.8, 4) is 0 Å². The van der Waals surface area contributed by atoms with Crippen molar-refractivity contribution in [2.75, 3.05) is 13.1 Å². The second-order valence-electron chi connectivity index (χ2n) is 10.1. The van der Waals surface area contributed by atoms with Gasteiger partial charge in [-0.05, 0) is 36.5 Å². The third-order valence-electron chi connectivity index (χ3n) is 8.18. The summed E-state index contributed by atoms with van der Waals surface area (Å²) in [6, 6.07) is 2.93. The highest BCUT2D eigenvalue weighted by Gasteiger charge is 2.78. The van der Waals surface area contributed by atoms with Gasteiger partial charge in [0.1, 0.15) is 12.1 Å². The van der Waals surface area contributed by atoms with Crippen LogP contribution >= 0.6 is 0 Å². The van der Waals surface area contributed by atoms with E-state index in [9.17, 15) is 24.6 Å². The molecule has 6 rings (SSSR count). The van der Waals surface area contributed by atoms with Gasteiger partial charge in [0, 0.05) is 18.4 Å². The Morgan fingerprint density at radius 3 is 2.69 bits per heavy atom. The Labute approximate surface area is 206 Å².